The van der Waals surface area contributed by atoms with Crippen molar-refractivity contribution in [2.45, 2.75) is 31.8 Å². The maximum atomic E-state index is 12.2. The number of piperidine rings is 1. The fraction of sp³-hybridized carbons (Fsp3) is 0.588. The van der Waals surface area contributed by atoms with E-state index in [0.29, 0.717) is 6.61 Å². The molecule has 0 aliphatic carbocycles. The Balaban J connectivity index is 0.00000192. The van der Waals surface area contributed by atoms with Crippen molar-refractivity contribution in [3.05, 3.63) is 24.3 Å². The number of carbonyl (C=O) groups is 1. The normalized spacial score (nSPS) is 23.8. The van der Waals surface area contributed by atoms with Crippen LogP contribution in [0.15, 0.2) is 24.3 Å². The van der Waals surface area contributed by atoms with Gasteiger partial charge < -0.3 is 20.1 Å². The number of carbonyl (C=O) groups excluding carboxylic acids is 1. The van der Waals surface area contributed by atoms with E-state index in [1.165, 1.54) is 0 Å². The van der Waals surface area contributed by atoms with E-state index in [0.717, 1.165) is 56.8 Å². The Morgan fingerprint density at radius 3 is 2.74 bits per heavy atom. The first-order valence-corrected chi connectivity index (χ1v) is 8.17. The van der Waals surface area contributed by atoms with Gasteiger partial charge in [-0.3, -0.25) is 4.79 Å². The van der Waals surface area contributed by atoms with Crippen molar-refractivity contribution in [1.82, 2.24) is 5.32 Å². The number of rotatable bonds is 5. The van der Waals surface area contributed by atoms with Crippen LogP contribution < -0.4 is 15.4 Å². The van der Waals surface area contributed by atoms with Crippen molar-refractivity contribution >= 4 is 24.0 Å². The summed E-state index contributed by atoms with van der Waals surface area (Å²) < 4.78 is 11.2. The van der Waals surface area contributed by atoms with E-state index in [1.54, 1.807) is 0 Å². The van der Waals surface area contributed by atoms with Crippen molar-refractivity contribution in [2.75, 3.05) is 31.6 Å². The molecule has 1 aromatic rings. The molecule has 6 heteroatoms. The SMILES string of the molecule is Cl.O=C(Nc1ccc(OCC2CCCO2)cc1)C1CCCNC1. The summed E-state index contributed by atoms with van der Waals surface area (Å²) in [7, 11) is 0. The molecule has 2 atom stereocenters. The third kappa shape index (κ3) is 5.37. The van der Waals surface area contributed by atoms with Gasteiger partial charge in [-0.25, -0.2) is 0 Å². The van der Waals surface area contributed by atoms with Crippen LogP contribution in [-0.4, -0.2) is 38.3 Å². The van der Waals surface area contributed by atoms with Gasteiger partial charge in [-0.2, -0.15) is 0 Å². The first-order valence-electron chi connectivity index (χ1n) is 8.17. The topological polar surface area (TPSA) is 59.6 Å². The van der Waals surface area contributed by atoms with Gasteiger partial charge in [0.1, 0.15) is 12.4 Å². The van der Waals surface area contributed by atoms with Gasteiger partial charge in [0, 0.05) is 18.8 Å². The van der Waals surface area contributed by atoms with Crippen LogP contribution in [0.3, 0.4) is 0 Å². The largest absolute Gasteiger partial charge is 0.491 e. The van der Waals surface area contributed by atoms with Crippen LogP contribution >= 0.6 is 12.4 Å². The van der Waals surface area contributed by atoms with E-state index in [-0.39, 0.29) is 30.3 Å². The molecule has 2 unspecified atom stereocenters. The number of amides is 1. The summed E-state index contributed by atoms with van der Waals surface area (Å²) in [6.45, 7) is 3.23. The fourth-order valence-corrected chi connectivity index (χ4v) is 2.92. The van der Waals surface area contributed by atoms with E-state index in [9.17, 15) is 4.79 Å². The molecule has 23 heavy (non-hydrogen) atoms. The standard InChI is InChI=1S/C17H24N2O3.ClH/c20-17(13-3-1-9-18-11-13)19-14-5-7-15(8-6-14)22-12-16-4-2-10-21-16;/h5-8,13,16,18H,1-4,9-12H2,(H,19,20);1H. The quantitative estimate of drug-likeness (QED) is 0.865. The number of anilines is 1. The number of hydrogen-bond donors (Lipinski definition) is 2. The number of halogens is 1. The lowest BCUT2D eigenvalue weighted by atomic mass is 9.99. The Labute approximate surface area is 143 Å². The van der Waals surface area contributed by atoms with Crippen LogP contribution in [0, 0.1) is 5.92 Å². The van der Waals surface area contributed by atoms with Crippen molar-refractivity contribution in [3.8, 4) is 5.75 Å². The summed E-state index contributed by atoms with van der Waals surface area (Å²) in [4.78, 5) is 12.2. The van der Waals surface area contributed by atoms with Crippen molar-refractivity contribution in [2.24, 2.45) is 5.92 Å². The van der Waals surface area contributed by atoms with Crippen molar-refractivity contribution in [1.29, 1.82) is 0 Å². The highest BCUT2D eigenvalue weighted by molar-refractivity contribution is 5.92. The summed E-state index contributed by atoms with van der Waals surface area (Å²) in [5.74, 6) is 0.984. The maximum Gasteiger partial charge on any atom is 0.228 e. The van der Waals surface area contributed by atoms with Gasteiger partial charge in [0.2, 0.25) is 5.91 Å². The van der Waals surface area contributed by atoms with Gasteiger partial charge in [-0.1, -0.05) is 0 Å². The summed E-state index contributed by atoms with van der Waals surface area (Å²) in [5, 5.41) is 6.24. The molecule has 1 aromatic carbocycles. The van der Waals surface area contributed by atoms with Gasteiger partial charge in [0.25, 0.3) is 0 Å². The highest BCUT2D eigenvalue weighted by atomic mass is 35.5. The second-order valence-electron chi connectivity index (χ2n) is 6.00. The van der Waals surface area contributed by atoms with E-state index < -0.39 is 0 Å². The molecule has 2 fully saturated rings. The Hall–Kier alpha value is -1.30. The Bertz CT molecular complexity index is 483. The van der Waals surface area contributed by atoms with E-state index in [2.05, 4.69) is 10.6 Å². The molecular weight excluding hydrogens is 316 g/mol. The van der Waals surface area contributed by atoms with Crippen LogP contribution in [0.2, 0.25) is 0 Å². The molecule has 0 aromatic heterocycles. The minimum Gasteiger partial charge on any atom is -0.491 e. The number of nitrogens with one attached hydrogen (secondary N) is 2. The lowest BCUT2D eigenvalue weighted by molar-refractivity contribution is -0.120. The van der Waals surface area contributed by atoms with Gasteiger partial charge in [0.05, 0.1) is 12.0 Å². The van der Waals surface area contributed by atoms with Gasteiger partial charge in [-0.15, -0.1) is 12.4 Å². The van der Waals surface area contributed by atoms with Crippen LogP contribution in [-0.2, 0) is 9.53 Å². The molecule has 2 heterocycles. The second-order valence-corrected chi connectivity index (χ2v) is 6.00. The number of hydrogen-bond acceptors (Lipinski definition) is 4. The monoisotopic (exact) mass is 340 g/mol. The summed E-state index contributed by atoms with van der Waals surface area (Å²) in [6.07, 6.45) is 4.44. The zero-order valence-electron chi connectivity index (χ0n) is 13.3. The molecule has 1 amide bonds. The van der Waals surface area contributed by atoms with Gasteiger partial charge in [-0.05, 0) is 56.5 Å². The average Bonchev–Trinajstić information content (AvgIpc) is 3.08. The minimum atomic E-state index is 0. The Morgan fingerprint density at radius 2 is 2.09 bits per heavy atom. The predicted molar refractivity (Wildman–Crippen MR) is 92.4 cm³/mol. The summed E-state index contributed by atoms with van der Waals surface area (Å²) in [6, 6.07) is 7.56. The van der Waals surface area contributed by atoms with Crippen molar-refractivity contribution < 1.29 is 14.3 Å². The molecule has 2 saturated heterocycles. The molecule has 5 nitrogen and oxygen atoms in total. The fourth-order valence-electron chi connectivity index (χ4n) is 2.92. The van der Waals surface area contributed by atoms with E-state index in [4.69, 9.17) is 9.47 Å². The molecule has 2 aliphatic rings. The number of benzene rings is 1. The molecule has 3 rings (SSSR count). The zero-order valence-corrected chi connectivity index (χ0v) is 14.1. The van der Waals surface area contributed by atoms with Gasteiger partial charge >= 0.3 is 0 Å². The minimum absolute atomic E-state index is 0. The highest BCUT2D eigenvalue weighted by Crippen LogP contribution is 2.19. The van der Waals surface area contributed by atoms with Crippen LogP contribution in [0.4, 0.5) is 5.69 Å². The number of ether oxygens (including phenoxy) is 2. The molecule has 0 radical (unpaired) electrons. The molecule has 0 bridgehead atoms. The third-order valence-electron chi connectivity index (χ3n) is 4.25. The Kier molecular flexibility index (Phi) is 7.15. The maximum absolute atomic E-state index is 12.2. The molecule has 128 valence electrons. The molecular formula is C17H25ClN2O3. The second kappa shape index (κ2) is 9.11. The lowest BCUT2D eigenvalue weighted by Crippen LogP contribution is -2.37. The first kappa shape index (κ1) is 18.0. The van der Waals surface area contributed by atoms with Crippen LogP contribution in [0.1, 0.15) is 25.7 Å². The van der Waals surface area contributed by atoms with Gasteiger partial charge in [0.15, 0.2) is 0 Å². The smallest absolute Gasteiger partial charge is 0.228 e. The predicted octanol–water partition coefficient (Wildman–Crippen LogP) is 2.60. The Morgan fingerprint density at radius 1 is 1.26 bits per heavy atom. The van der Waals surface area contributed by atoms with Crippen LogP contribution in [0.5, 0.6) is 5.75 Å². The summed E-state index contributed by atoms with van der Waals surface area (Å²) >= 11 is 0. The third-order valence-corrected chi connectivity index (χ3v) is 4.25. The average molecular weight is 341 g/mol. The van der Waals surface area contributed by atoms with Crippen LogP contribution in [0.25, 0.3) is 0 Å². The van der Waals surface area contributed by atoms with E-state index >= 15 is 0 Å². The zero-order chi connectivity index (χ0) is 15.2. The van der Waals surface area contributed by atoms with Crippen molar-refractivity contribution in [3.63, 3.8) is 0 Å². The molecule has 2 N–H and O–H groups in total. The highest BCUT2D eigenvalue weighted by Gasteiger charge is 2.20. The molecule has 0 spiro atoms. The lowest BCUT2D eigenvalue weighted by Gasteiger charge is -2.21. The summed E-state index contributed by atoms with van der Waals surface area (Å²) in [5.41, 5.74) is 0.819. The van der Waals surface area contributed by atoms with E-state index in [1.807, 2.05) is 24.3 Å². The molecule has 0 saturated carbocycles. The first-order chi connectivity index (χ1) is 10.8. The molecule has 2 aliphatic heterocycles.